The number of rotatable bonds is 4. The first-order chi connectivity index (χ1) is 12.6. The van der Waals surface area contributed by atoms with Crippen molar-refractivity contribution >= 4 is 17.3 Å². The summed E-state index contributed by atoms with van der Waals surface area (Å²) in [4.78, 5) is 21.6. The number of carbonyl (C=O) groups is 1. The largest absolute Gasteiger partial charge is 0.496 e. The van der Waals surface area contributed by atoms with E-state index in [4.69, 9.17) is 9.47 Å². The van der Waals surface area contributed by atoms with Crippen LogP contribution in [0.25, 0.3) is 5.57 Å². The normalized spacial score (nSPS) is 19.8. The van der Waals surface area contributed by atoms with Crippen LogP contribution < -0.4 is 4.74 Å². The van der Waals surface area contributed by atoms with E-state index in [-0.39, 0.29) is 11.9 Å². The molecule has 2 aromatic rings. The van der Waals surface area contributed by atoms with Crippen molar-refractivity contribution < 1.29 is 14.3 Å². The van der Waals surface area contributed by atoms with Gasteiger partial charge in [0, 0.05) is 35.3 Å². The summed E-state index contributed by atoms with van der Waals surface area (Å²) in [6.07, 6.45) is 3.53. The maximum Gasteiger partial charge on any atom is 0.315 e. The van der Waals surface area contributed by atoms with Gasteiger partial charge in [-0.2, -0.15) is 0 Å². The van der Waals surface area contributed by atoms with E-state index in [1.807, 2.05) is 50.2 Å². The Morgan fingerprint density at radius 3 is 2.50 bits per heavy atom. The van der Waals surface area contributed by atoms with Gasteiger partial charge in [0.2, 0.25) is 0 Å². The van der Waals surface area contributed by atoms with E-state index in [0.717, 1.165) is 33.9 Å². The van der Waals surface area contributed by atoms with Gasteiger partial charge in [0.15, 0.2) is 0 Å². The van der Waals surface area contributed by atoms with Crippen molar-refractivity contribution in [2.24, 2.45) is 10.9 Å². The molecule has 0 radical (unpaired) electrons. The lowest BCUT2D eigenvalue weighted by atomic mass is 9.73. The summed E-state index contributed by atoms with van der Waals surface area (Å²) in [6.45, 7) is 3.83. The van der Waals surface area contributed by atoms with Crippen molar-refractivity contribution in [2.75, 3.05) is 14.2 Å². The number of hydrogen-bond acceptors (Lipinski definition) is 5. The highest BCUT2D eigenvalue weighted by Gasteiger charge is 2.40. The van der Waals surface area contributed by atoms with Gasteiger partial charge < -0.3 is 9.47 Å². The molecule has 0 bridgehead atoms. The number of carbonyl (C=O) groups excluding carboxylic acids is 1. The first-order valence-electron chi connectivity index (χ1n) is 8.45. The molecule has 0 spiro atoms. The van der Waals surface area contributed by atoms with Gasteiger partial charge in [0.05, 0.1) is 14.2 Å². The SMILES string of the molecule is COC(=O)C1C(C)=NC(C)=C(c2cccnc2)C1c1ccccc1OC. The lowest BCUT2D eigenvalue weighted by molar-refractivity contribution is -0.143. The number of hydrogen-bond donors (Lipinski definition) is 0. The minimum Gasteiger partial charge on any atom is -0.496 e. The van der Waals surface area contributed by atoms with E-state index >= 15 is 0 Å². The highest BCUT2D eigenvalue weighted by molar-refractivity contribution is 6.06. The van der Waals surface area contributed by atoms with Crippen molar-refractivity contribution in [3.8, 4) is 5.75 Å². The minimum atomic E-state index is -0.518. The average Bonchev–Trinajstić information content (AvgIpc) is 2.67. The topological polar surface area (TPSA) is 60.8 Å². The summed E-state index contributed by atoms with van der Waals surface area (Å²) >= 11 is 0. The van der Waals surface area contributed by atoms with Crippen molar-refractivity contribution in [1.82, 2.24) is 4.98 Å². The lowest BCUT2D eigenvalue weighted by Gasteiger charge is -2.33. The third kappa shape index (κ3) is 3.12. The number of aliphatic imine (C=N–C) groups is 1. The second-order valence-corrected chi connectivity index (χ2v) is 6.21. The van der Waals surface area contributed by atoms with E-state index in [9.17, 15) is 4.79 Å². The van der Waals surface area contributed by atoms with Gasteiger partial charge in [-0.05, 0) is 37.1 Å². The smallest absolute Gasteiger partial charge is 0.315 e. The molecule has 2 heterocycles. The van der Waals surface area contributed by atoms with E-state index in [1.165, 1.54) is 7.11 Å². The molecule has 5 nitrogen and oxygen atoms in total. The number of aromatic nitrogens is 1. The molecule has 0 aliphatic carbocycles. The summed E-state index contributed by atoms with van der Waals surface area (Å²) in [6, 6.07) is 11.6. The number of nitrogens with zero attached hydrogens (tertiary/aromatic N) is 2. The first kappa shape index (κ1) is 17.9. The van der Waals surface area contributed by atoms with Crippen LogP contribution >= 0.6 is 0 Å². The van der Waals surface area contributed by atoms with Crippen LogP contribution in [0.3, 0.4) is 0 Å². The molecule has 0 N–H and O–H groups in total. The van der Waals surface area contributed by atoms with Crippen LogP contribution in [0.5, 0.6) is 5.75 Å². The summed E-state index contributed by atoms with van der Waals surface area (Å²) < 4.78 is 10.7. The van der Waals surface area contributed by atoms with Gasteiger partial charge in [-0.25, -0.2) is 0 Å². The fourth-order valence-electron chi connectivity index (χ4n) is 3.63. The number of methoxy groups -OCH3 is 2. The van der Waals surface area contributed by atoms with Crippen LogP contribution in [0.1, 0.15) is 30.9 Å². The van der Waals surface area contributed by atoms with Crippen LogP contribution in [-0.2, 0) is 9.53 Å². The zero-order valence-corrected chi connectivity index (χ0v) is 15.4. The fourth-order valence-corrected chi connectivity index (χ4v) is 3.63. The molecule has 1 aliphatic rings. The van der Waals surface area contributed by atoms with Gasteiger partial charge >= 0.3 is 5.97 Å². The third-order valence-electron chi connectivity index (χ3n) is 4.73. The quantitative estimate of drug-likeness (QED) is 0.786. The summed E-state index contributed by atoms with van der Waals surface area (Å²) in [5.74, 6) is -0.359. The average molecular weight is 350 g/mol. The number of pyridine rings is 1. The number of para-hydroxylation sites is 1. The molecule has 2 atom stereocenters. The first-order valence-corrected chi connectivity index (χ1v) is 8.45. The molecule has 3 rings (SSSR count). The van der Waals surface area contributed by atoms with Crippen LogP contribution in [0.2, 0.25) is 0 Å². The Morgan fingerprint density at radius 1 is 1.08 bits per heavy atom. The zero-order chi connectivity index (χ0) is 18.7. The van der Waals surface area contributed by atoms with Gasteiger partial charge in [-0.15, -0.1) is 0 Å². The maximum atomic E-state index is 12.7. The zero-order valence-electron chi connectivity index (χ0n) is 15.4. The van der Waals surface area contributed by atoms with Crippen molar-refractivity contribution in [3.05, 3.63) is 65.6 Å². The van der Waals surface area contributed by atoms with E-state index in [0.29, 0.717) is 0 Å². The molecule has 1 aromatic heterocycles. The molecular formula is C21H22N2O3. The Labute approximate surface area is 153 Å². The van der Waals surface area contributed by atoms with Crippen LogP contribution in [0, 0.1) is 5.92 Å². The molecule has 0 saturated carbocycles. The molecule has 134 valence electrons. The molecule has 2 unspecified atom stereocenters. The molecule has 0 amide bonds. The van der Waals surface area contributed by atoms with E-state index < -0.39 is 5.92 Å². The van der Waals surface area contributed by atoms with Gasteiger partial charge in [-0.3, -0.25) is 14.8 Å². The molecular weight excluding hydrogens is 328 g/mol. The summed E-state index contributed by atoms with van der Waals surface area (Å²) in [5.41, 5.74) is 4.43. The Morgan fingerprint density at radius 2 is 1.85 bits per heavy atom. The van der Waals surface area contributed by atoms with Gasteiger partial charge in [0.25, 0.3) is 0 Å². The molecule has 0 fully saturated rings. The third-order valence-corrected chi connectivity index (χ3v) is 4.73. The Balaban J connectivity index is 2.28. The second-order valence-electron chi connectivity index (χ2n) is 6.21. The standard InChI is InChI=1S/C21H22N2O3/c1-13-18(15-8-7-11-22-12-15)20(16-9-5-6-10-17(16)25-3)19(14(2)23-13)21(24)26-4/h5-12,19-20H,1-4H3. The molecule has 1 aliphatic heterocycles. The van der Waals surface area contributed by atoms with E-state index in [2.05, 4.69) is 9.98 Å². The van der Waals surface area contributed by atoms with Crippen LogP contribution in [0.4, 0.5) is 0 Å². The number of allylic oxidation sites excluding steroid dienone is 2. The second kappa shape index (κ2) is 7.52. The molecule has 26 heavy (non-hydrogen) atoms. The van der Waals surface area contributed by atoms with Crippen molar-refractivity contribution in [3.63, 3.8) is 0 Å². The molecule has 1 aromatic carbocycles. The van der Waals surface area contributed by atoms with Crippen LogP contribution in [-0.4, -0.2) is 30.9 Å². The Bertz CT molecular complexity index is 872. The Hall–Kier alpha value is -2.95. The number of esters is 1. The Kier molecular flexibility index (Phi) is 5.16. The molecule has 5 heteroatoms. The summed E-state index contributed by atoms with van der Waals surface area (Å²) in [5, 5.41) is 0. The maximum absolute atomic E-state index is 12.7. The van der Waals surface area contributed by atoms with E-state index in [1.54, 1.807) is 19.5 Å². The highest BCUT2D eigenvalue weighted by atomic mass is 16.5. The lowest BCUT2D eigenvalue weighted by Crippen LogP contribution is -2.33. The molecule has 0 saturated heterocycles. The summed E-state index contributed by atoms with van der Waals surface area (Å²) in [7, 11) is 3.04. The number of benzene rings is 1. The number of ether oxygens (including phenoxy) is 2. The predicted octanol–water partition coefficient (Wildman–Crippen LogP) is 3.87. The van der Waals surface area contributed by atoms with Crippen molar-refractivity contribution in [2.45, 2.75) is 19.8 Å². The monoisotopic (exact) mass is 350 g/mol. The van der Waals surface area contributed by atoms with Gasteiger partial charge in [-0.1, -0.05) is 24.3 Å². The van der Waals surface area contributed by atoms with Crippen LogP contribution in [0.15, 0.2) is 59.5 Å². The van der Waals surface area contributed by atoms with Gasteiger partial charge in [0.1, 0.15) is 11.7 Å². The van der Waals surface area contributed by atoms with Crippen molar-refractivity contribution in [1.29, 1.82) is 0 Å². The minimum absolute atomic E-state index is 0.264. The predicted molar refractivity (Wildman–Crippen MR) is 101 cm³/mol. The fraction of sp³-hybridized carbons (Fsp3) is 0.286. The highest BCUT2D eigenvalue weighted by Crippen LogP contribution is 2.46.